The van der Waals surface area contributed by atoms with Crippen molar-refractivity contribution in [3.63, 3.8) is 0 Å². The first kappa shape index (κ1) is 19.8. The van der Waals surface area contributed by atoms with Crippen molar-refractivity contribution in [1.29, 1.82) is 0 Å². The molecule has 0 spiro atoms. The molecule has 0 aliphatic carbocycles. The van der Waals surface area contributed by atoms with Crippen LogP contribution >= 0.6 is 0 Å². The quantitative estimate of drug-likeness (QED) is 0.696. The van der Waals surface area contributed by atoms with Gasteiger partial charge in [-0.1, -0.05) is 35.9 Å². The second-order valence-corrected chi connectivity index (χ2v) is 7.77. The summed E-state index contributed by atoms with van der Waals surface area (Å²) in [6.45, 7) is 3.84. The summed E-state index contributed by atoms with van der Waals surface area (Å²) in [6, 6.07) is 10.1. The number of hydrogen-bond donors (Lipinski definition) is 2. The van der Waals surface area contributed by atoms with Gasteiger partial charge in [0.1, 0.15) is 11.9 Å². The van der Waals surface area contributed by atoms with E-state index in [0.717, 1.165) is 22.3 Å². The van der Waals surface area contributed by atoms with Crippen molar-refractivity contribution in [2.45, 2.75) is 39.2 Å². The van der Waals surface area contributed by atoms with E-state index in [1.54, 1.807) is 19.3 Å². The Kier molecular flexibility index (Phi) is 5.35. The summed E-state index contributed by atoms with van der Waals surface area (Å²) in [5.74, 6) is -0.893. The minimum atomic E-state index is -0.769. The second-order valence-electron chi connectivity index (χ2n) is 7.77. The molecule has 2 aromatic carbocycles. The van der Waals surface area contributed by atoms with Gasteiger partial charge in [0.05, 0.1) is 11.9 Å². The molecule has 0 fully saturated rings. The molecule has 1 unspecified atom stereocenters. The van der Waals surface area contributed by atoms with E-state index in [1.807, 2.05) is 31.2 Å². The van der Waals surface area contributed by atoms with Gasteiger partial charge in [0, 0.05) is 12.6 Å². The Bertz CT molecular complexity index is 1120. The van der Waals surface area contributed by atoms with Gasteiger partial charge < -0.3 is 10.6 Å². The van der Waals surface area contributed by atoms with Crippen LogP contribution in [0.2, 0.25) is 0 Å². The van der Waals surface area contributed by atoms with Gasteiger partial charge in [0.2, 0.25) is 5.91 Å². The Labute approximate surface area is 174 Å². The molecule has 30 heavy (non-hydrogen) atoms. The third-order valence-corrected chi connectivity index (χ3v) is 5.22. The van der Waals surface area contributed by atoms with E-state index in [0.29, 0.717) is 19.3 Å². The van der Waals surface area contributed by atoms with Crippen LogP contribution in [-0.2, 0) is 17.6 Å². The molecule has 1 aliphatic heterocycles. The number of halogens is 1. The summed E-state index contributed by atoms with van der Waals surface area (Å²) in [4.78, 5) is 25.2. The molecule has 1 aliphatic rings. The molecule has 1 aromatic heterocycles. The highest BCUT2D eigenvalue weighted by Crippen LogP contribution is 2.26. The van der Waals surface area contributed by atoms with Gasteiger partial charge in [0.25, 0.3) is 0 Å². The van der Waals surface area contributed by atoms with Crippen molar-refractivity contribution in [1.82, 2.24) is 15.1 Å². The molecule has 0 radical (unpaired) electrons. The first-order valence-corrected chi connectivity index (χ1v) is 9.89. The number of aromatic nitrogens is 2. The predicted octanol–water partition coefficient (Wildman–Crippen LogP) is 3.74. The standard InChI is InChI=1S/C23H23FN4O2/c1-14-4-3-5-16(8-14)11-17-12-25-28(13-17)23(30)26-20-7-6-18-9-15(2)10-19(24)21(18)27-22(20)29/h3-5,8-10,12-13,20H,6-7,11H2,1-2H3,(H,26,30)(H,27,29). The molecule has 7 heteroatoms. The number of anilines is 1. The van der Waals surface area contributed by atoms with Crippen LogP contribution in [0.5, 0.6) is 0 Å². The Balaban J connectivity index is 1.43. The van der Waals surface area contributed by atoms with Gasteiger partial charge in [-0.15, -0.1) is 0 Å². The second kappa shape index (κ2) is 8.10. The minimum absolute atomic E-state index is 0.196. The lowest BCUT2D eigenvalue weighted by molar-refractivity contribution is -0.118. The van der Waals surface area contributed by atoms with Crippen molar-refractivity contribution >= 4 is 17.6 Å². The Morgan fingerprint density at radius 3 is 2.87 bits per heavy atom. The van der Waals surface area contributed by atoms with Crippen LogP contribution in [-0.4, -0.2) is 27.8 Å². The third kappa shape index (κ3) is 4.25. The number of aryl methyl sites for hydroxylation is 3. The zero-order valence-electron chi connectivity index (χ0n) is 16.9. The lowest BCUT2D eigenvalue weighted by atomic mass is 10.0. The van der Waals surface area contributed by atoms with Crippen molar-refractivity contribution in [3.05, 3.63) is 82.4 Å². The monoisotopic (exact) mass is 406 g/mol. The summed E-state index contributed by atoms with van der Waals surface area (Å²) in [7, 11) is 0. The van der Waals surface area contributed by atoms with E-state index in [9.17, 15) is 14.0 Å². The highest BCUT2D eigenvalue weighted by atomic mass is 19.1. The average molecular weight is 406 g/mol. The van der Waals surface area contributed by atoms with E-state index in [1.165, 1.54) is 16.3 Å². The average Bonchev–Trinajstić information content (AvgIpc) is 3.09. The van der Waals surface area contributed by atoms with Crippen molar-refractivity contribution in [2.75, 3.05) is 5.32 Å². The molecule has 1 atom stereocenters. The maximum absolute atomic E-state index is 14.2. The number of hydrogen-bond acceptors (Lipinski definition) is 3. The van der Waals surface area contributed by atoms with Crippen LogP contribution in [0.1, 0.15) is 34.2 Å². The summed E-state index contributed by atoms with van der Waals surface area (Å²) < 4.78 is 15.4. The molecule has 2 N–H and O–H groups in total. The fourth-order valence-corrected chi connectivity index (χ4v) is 3.77. The Morgan fingerprint density at radius 1 is 1.23 bits per heavy atom. The van der Waals surface area contributed by atoms with Crippen LogP contribution in [0.3, 0.4) is 0 Å². The number of carbonyl (C=O) groups excluding carboxylic acids is 2. The molecule has 154 valence electrons. The molecule has 2 amide bonds. The van der Waals surface area contributed by atoms with Crippen molar-refractivity contribution in [2.24, 2.45) is 0 Å². The van der Waals surface area contributed by atoms with Crippen LogP contribution in [0.25, 0.3) is 0 Å². The van der Waals surface area contributed by atoms with E-state index in [2.05, 4.69) is 21.8 Å². The van der Waals surface area contributed by atoms with Gasteiger partial charge in [-0.25, -0.2) is 9.18 Å². The van der Waals surface area contributed by atoms with E-state index < -0.39 is 23.8 Å². The van der Waals surface area contributed by atoms with Crippen molar-refractivity contribution in [3.8, 4) is 0 Å². The minimum Gasteiger partial charge on any atom is -0.324 e. The highest BCUT2D eigenvalue weighted by molar-refractivity contribution is 5.98. The van der Waals surface area contributed by atoms with Gasteiger partial charge >= 0.3 is 6.03 Å². The number of nitrogens with zero attached hydrogens (tertiary/aromatic N) is 2. The van der Waals surface area contributed by atoms with E-state index in [-0.39, 0.29) is 5.69 Å². The normalized spacial score (nSPS) is 15.8. The maximum atomic E-state index is 14.2. The lowest BCUT2D eigenvalue weighted by Crippen LogP contribution is -2.45. The maximum Gasteiger partial charge on any atom is 0.342 e. The van der Waals surface area contributed by atoms with Crippen LogP contribution in [0, 0.1) is 19.7 Å². The number of rotatable bonds is 3. The van der Waals surface area contributed by atoms with E-state index in [4.69, 9.17) is 0 Å². The number of amides is 2. The third-order valence-electron chi connectivity index (χ3n) is 5.22. The van der Waals surface area contributed by atoms with Gasteiger partial charge in [-0.2, -0.15) is 9.78 Å². The summed E-state index contributed by atoms with van der Waals surface area (Å²) >= 11 is 0. The molecule has 3 aromatic rings. The molecule has 0 saturated heterocycles. The van der Waals surface area contributed by atoms with Gasteiger partial charge in [0.15, 0.2) is 0 Å². The molecule has 4 rings (SSSR count). The molecular weight excluding hydrogens is 383 g/mol. The van der Waals surface area contributed by atoms with Crippen molar-refractivity contribution < 1.29 is 14.0 Å². The fourth-order valence-electron chi connectivity index (χ4n) is 3.77. The number of fused-ring (bicyclic) bond motifs is 1. The van der Waals surface area contributed by atoms with E-state index >= 15 is 0 Å². The number of carbonyl (C=O) groups is 2. The number of benzene rings is 2. The van der Waals surface area contributed by atoms with Crippen LogP contribution in [0.4, 0.5) is 14.9 Å². The van der Waals surface area contributed by atoms with Gasteiger partial charge in [-0.3, -0.25) is 4.79 Å². The predicted molar refractivity (Wildman–Crippen MR) is 112 cm³/mol. The Morgan fingerprint density at radius 2 is 2.07 bits per heavy atom. The first-order chi connectivity index (χ1) is 14.4. The molecule has 6 nitrogen and oxygen atoms in total. The zero-order valence-corrected chi connectivity index (χ0v) is 16.9. The lowest BCUT2D eigenvalue weighted by Gasteiger charge is -2.15. The molecular formula is C23H23FN4O2. The molecule has 2 heterocycles. The summed E-state index contributed by atoms with van der Waals surface area (Å²) in [5, 5.41) is 9.44. The number of nitrogens with one attached hydrogen (secondary N) is 2. The highest BCUT2D eigenvalue weighted by Gasteiger charge is 2.27. The molecule has 0 saturated carbocycles. The smallest absolute Gasteiger partial charge is 0.324 e. The largest absolute Gasteiger partial charge is 0.342 e. The van der Waals surface area contributed by atoms with Gasteiger partial charge in [-0.05, 0) is 55.0 Å². The fraction of sp³-hybridized carbons (Fsp3) is 0.261. The SMILES string of the molecule is Cc1cccc(Cc2cnn(C(=O)NC3CCc4cc(C)cc(F)c4NC3=O)c2)c1. The zero-order chi connectivity index (χ0) is 21.3. The Hall–Kier alpha value is -3.48. The van der Waals surface area contributed by atoms with Crippen LogP contribution in [0.15, 0.2) is 48.8 Å². The summed E-state index contributed by atoms with van der Waals surface area (Å²) in [5.41, 5.74) is 4.92. The summed E-state index contributed by atoms with van der Waals surface area (Å²) in [6.07, 6.45) is 4.82. The topological polar surface area (TPSA) is 76.0 Å². The molecule has 0 bridgehead atoms. The van der Waals surface area contributed by atoms with Crippen LogP contribution < -0.4 is 10.6 Å². The first-order valence-electron chi connectivity index (χ1n) is 9.89.